The van der Waals surface area contributed by atoms with Crippen LogP contribution in [0.5, 0.6) is 0 Å². The van der Waals surface area contributed by atoms with Gasteiger partial charge in [0, 0.05) is 6.92 Å². The van der Waals surface area contributed by atoms with Gasteiger partial charge in [-0.3, -0.25) is 9.53 Å². The van der Waals surface area contributed by atoms with Crippen molar-refractivity contribution >= 4 is 5.97 Å². The van der Waals surface area contributed by atoms with Crippen LogP contribution in [0, 0.1) is 0 Å². The highest BCUT2D eigenvalue weighted by Gasteiger charge is 2.78. The zero-order chi connectivity index (χ0) is 16.6. The summed E-state index contributed by atoms with van der Waals surface area (Å²) in [5.41, 5.74) is 0. The van der Waals surface area contributed by atoms with Crippen LogP contribution in [-0.4, -0.2) is 36.6 Å². The molecule has 0 spiro atoms. The van der Waals surface area contributed by atoms with Crippen LogP contribution in [0.2, 0.25) is 0 Å². The van der Waals surface area contributed by atoms with Gasteiger partial charge in [-0.05, 0) is 0 Å². The number of ether oxygens (including phenoxy) is 2. The second kappa shape index (κ2) is 5.26. The summed E-state index contributed by atoms with van der Waals surface area (Å²) in [6.07, 6.45) is -24.4. The molecule has 20 heavy (non-hydrogen) atoms. The molecule has 0 aliphatic heterocycles. The van der Waals surface area contributed by atoms with Gasteiger partial charge in [-0.25, -0.2) is 0 Å². The zero-order valence-corrected chi connectivity index (χ0v) is 9.08. The molecule has 0 bridgehead atoms. The number of hydrogen-bond donors (Lipinski definition) is 0. The van der Waals surface area contributed by atoms with Crippen molar-refractivity contribution < 1.29 is 58.2 Å². The minimum absolute atomic E-state index is 0.318. The van der Waals surface area contributed by atoms with E-state index in [1.165, 1.54) is 0 Å². The molecular formula is C7H4F10O3. The summed E-state index contributed by atoms with van der Waals surface area (Å²) in [5, 5.41) is 0. The molecule has 3 nitrogen and oxygen atoms in total. The number of halogens is 10. The third kappa shape index (κ3) is 3.86. The van der Waals surface area contributed by atoms with Crippen molar-refractivity contribution in [3.05, 3.63) is 0 Å². The van der Waals surface area contributed by atoms with Crippen molar-refractivity contribution in [1.29, 1.82) is 0 Å². The van der Waals surface area contributed by atoms with Crippen molar-refractivity contribution in [2.24, 2.45) is 0 Å². The standard InChI is InChI=1S/C7H4F10O3/c1-2(18)19-3(8)4(9,10)20-5(11,6(12,13)14)7(15,16)17/h3H,1H3. The first-order valence-corrected chi connectivity index (χ1v) is 4.26. The van der Waals surface area contributed by atoms with Crippen molar-refractivity contribution in [2.75, 3.05) is 0 Å². The molecule has 0 heterocycles. The number of alkyl halides is 10. The van der Waals surface area contributed by atoms with E-state index in [4.69, 9.17) is 0 Å². The van der Waals surface area contributed by atoms with Crippen molar-refractivity contribution in [1.82, 2.24) is 0 Å². The molecule has 0 fully saturated rings. The quantitative estimate of drug-likeness (QED) is 0.588. The van der Waals surface area contributed by atoms with E-state index in [-0.39, 0.29) is 0 Å². The van der Waals surface area contributed by atoms with Gasteiger partial charge in [0.15, 0.2) is 0 Å². The lowest BCUT2D eigenvalue weighted by Gasteiger charge is -2.33. The maximum atomic E-state index is 12.7. The Balaban J connectivity index is 5.44. The number of carbonyl (C=O) groups excluding carboxylic acids is 1. The first kappa shape index (κ1) is 18.7. The number of rotatable bonds is 4. The van der Waals surface area contributed by atoms with Crippen LogP contribution >= 0.6 is 0 Å². The Hall–Kier alpha value is -1.27. The van der Waals surface area contributed by atoms with Crippen LogP contribution < -0.4 is 0 Å². The Morgan fingerprint density at radius 2 is 1.25 bits per heavy atom. The van der Waals surface area contributed by atoms with Gasteiger partial charge in [-0.1, -0.05) is 0 Å². The largest absolute Gasteiger partial charge is 0.458 e. The third-order valence-electron chi connectivity index (χ3n) is 1.54. The van der Waals surface area contributed by atoms with Crippen LogP contribution in [0.15, 0.2) is 0 Å². The van der Waals surface area contributed by atoms with Gasteiger partial charge in [0.25, 0.3) is 0 Å². The Morgan fingerprint density at radius 3 is 1.50 bits per heavy atom. The normalized spacial score (nSPS) is 15.9. The van der Waals surface area contributed by atoms with E-state index < -0.39 is 36.6 Å². The van der Waals surface area contributed by atoms with Gasteiger partial charge in [0.05, 0.1) is 0 Å². The maximum Gasteiger partial charge on any atom is 0.458 e. The van der Waals surface area contributed by atoms with Gasteiger partial charge in [0.1, 0.15) is 0 Å². The van der Waals surface area contributed by atoms with Crippen molar-refractivity contribution in [2.45, 2.75) is 37.6 Å². The van der Waals surface area contributed by atoms with Crippen LogP contribution in [0.3, 0.4) is 0 Å². The Bertz CT molecular complexity index is 345. The number of esters is 1. The highest BCUT2D eigenvalue weighted by Crippen LogP contribution is 2.50. The van der Waals surface area contributed by atoms with Gasteiger partial charge in [0.2, 0.25) is 0 Å². The lowest BCUT2D eigenvalue weighted by molar-refractivity contribution is -0.494. The monoisotopic (exact) mass is 326 g/mol. The van der Waals surface area contributed by atoms with Gasteiger partial charge in [-0.15, -0.1) is 0 Å². The molecule has 0 aromatic rings. The second-order valence-corrected chi connectivity index (χ2v) is 3.18. The molecule has 13 heteroatoms. The number of carbonyl (C=O) groups is 1. The summed E-state index contributed by atoms with van der Waals surface area (Å²) in [7, 11) is 0. The van der Waals surface area contributed by atoms with E-state index in [0.29, 0.717) is 6.92 Å². The summed E-state index contributed by atoms with van der Waals surface area (Å²) in [5.74, 6) is -8.67. The van der Waals surface area contributed by atoms with Gasteiger partial charge in [-0.2, -0.15) is 43.9 Å². The van der Waals surface area contributed by atoms with Crippen LogP contribution in [0.25, 0.3) is 0 Å². The average molecular weight is 326 g/mol. The fourth-order valence-electron chi connectivity index (χ4n) is 0.725. The molecule has 1 unspecified atom stereocenters. The molecule has 0 radical (unpaired) electrons. The topological polar surface area (TPSA) is 35.5 Å². The molecule has 0 rings (SSSR count). The molecule has 0 aromatic heterocycles. The van der Waals surface area contributed by atoms with E-state index in [2.05, 4.69) is 4.74 Å². The second-order valence-electron chi connectivity index (χ2n) is 3.18. The molecule has 0 saturated carbocycles. The highest BCUT2D eigenvalue weighted by atomic mass is 19.4. The van der Waals surface area contributed by atoms with Crippen LogP contribution in [0.1, 0.15) is 6.92 Å². The summed E-state index contributed by atoms with van der Waals surface area (Å²) >= 11 is 0. The molecule has 1 atom stereocenters. The Morgan fingerprint density at radius 1 is 0.900 bits per heavy atom. The van der Waals surface area contributed by atoms with Crippen LogP contribution in [-0.2, 0) is 14.3 Å². The molecule has 120 valence electrons. The van der Waals surface area contributed by atoms with E-state index in [9.17, 15) is 48.7 Å². The van der Waals surface area contributed by atoms with Crippen molar-refractivity contribution in [3.8, 4) is 0 Å². The van der Waals surface area contributed by atoms with Crippen molar-refractivity contribution in [3.63, 3.8) is 0 Å². The fraction of sp³-hybridized carbons (Fsp3) is 0.857. The summed E-state index contributed by atoms with van der Waals surface area (Å²) in [4.78, 5) is 10.1. The SMILES string of the molecule is CC(=O)OC(F)C(F)(F)OC(F)(C(F)(F)F)C(F)(F)F. The maximum absolute atomic E-state index is 12.7. The van der Waals surface area contributed by atoms with E-state index in [0.717, 1.165) is 0 Å². The molecule has 0 N–H and O–H groups in total. The third-order valence-corrected chi connectivity index (χ3v) is 1.54. The molecule has 0 aliphatic rings. The van der Waals surface area contributed by atoms with E-state index >= 15 is 0 Å². The molecule has 0 amide bonds. The number of hydrogen-bond acceptors (Lipinski definition) is 3. The first-order valence-electron chi connectivity index (χ1n) is 4.26. The van der Waals surface area contributed by atoms with E-state index in [1.54, 1.807) is 0 Å². The average Bonchev–Trinajstić information content (AvgIpc) is 2.11. The minimum Gasteiger partial charge on any atom is -0.422 e. The van der Waals surface area contributed by atoms with Crippen LogP contribution in [0.4, 0.5) is 43.9 Å². The lowest BCUT2D eigenvalue weighted by atomic mass is 10.3. The minimum atomic E-state index is -6.98. The molecular weight excluding hydrogens is 322 g/mol. The first-order chi connectivity index (χ1) is 8.54. The summed E-state index contributed by atoms with van der Waals surface area (Å²) < 4.78 is 127. The zero-order valence-electron chi connectivity index (χ0n) is 9.08. The summed E-state index contributed by atoms with van der Waals surface area (Å²) in [6, 6.07) is 0. The van der Waals surface area contributed by atoms with Gasteiger partial charge >= 0.3 is 36.6 Å². The molecule has 0 saturated heterocycles. The Labute approximate surface area is 103 Å². The predicted octanol–water partition coefficient (Wildman–Crippen LogP) is 3.24. The molecule has 0 aromatic carbocycles. The van der Waals surface area contributed by atoms with E-state index in [1.807, 2.05) is 4.74 Å². The smallest absolute Gasteiger partial charge is 0.422 e. The highest BCUT2D eigenvalue weighted by molar-refractivity contribution is 5.66. The Kier molecular flexibility index (Phi) is 4.92. The lowest BCUT2D eigenvalue weighted by Crippen LogP contribution is -2.59. The predicted molar refractivity (Wildman–Crippen MR) is 38.6 cm³/mol. The fourth-order valence-corrected chi connectivity index (χ4v) is 0.725. The van der Waals surface area contributed by atoms with Gasteiger partial charge < -0.3 is 4.74 Å². The summed E-state index contributed by atoms with van der Waals surface area (Å²) in [6.45, 7) is 0.318. The molecule has 0 aliphatic carbocycles.